The number of allylic oxidation sites excluding steroid dienone is 2. The Balaban J connectivity index is 4.39. The van der Waals surface area contributed by atoms with Gasteiger partial charge in [0.1, 0.15) is 13.2 Å². The van der Waals surface area contributed by atoms with Crippen molar-refractivity contribution >= 4 is 11.9 Å². The van der Waals surface area contributed by atoms with Crippen molar-refractivity contribution in [1.29, 1.82) is 0 Å². The monoisotopic (exact) mass is 258 g/mol. The van der Waals surface area contributed by atoms with Gasteiger partial charge in [-0.1, -0.05) is 12.2 Å². The number of hydrogen-bond donors (Lipinski definition) is 2. The lowest BCUT2D eigenvalue weighted by molar-refractivity contribution is -0.140. The van der Waals surface area contributed by atoms with Crippen molar-refractivity contribution in [3.8, 4) is 0 Å². The number of carbonyl (C=O) groups is 2. The topological polar surface area (TPSA) is 93.1 Å². The summed E-state index contributed by atoms with van der Waals surface area (Å²) in [6.45, 7) is 2.46. The van der Waals surface area contributed by atoms with Crippen LogP contribution < -0.4 is 0 Å². The van der Waals surface area contributed by atoms with E-state index in [1.807, 2.05) is 0 Å². The van der Waals surface area contributed by atoms with Crippen molar-refractivity contribution in [2.24, 2.45) is 0 Å². The number of aliphatic hydroxyl groups excluding tert-OH is 2. The minimum absolute atomic E-state index is 0.0642. The van der Waals surface area contributed by atoms with Gasteiger partial charge < -0.3 is 19.7 Å². The second-order valence-corrected chi connectivity index (χ2v) is 3.42. The Bertz CT molecular complexity index is 308. The van der Waals surface area contributed by atoms with Crippen molar-refractivity contribution in [1.82, 2.24) is 0 Å². The molecule has 0 spiro atoms. The summed E-state index contributed by atoms with van der Waals surface area (Å²) in [5.74, 6) is -1.12. The van der Waals surface area contributed by atoms with Crippen LogP contribution >= 0.6 is 0 Å². The van der Waals surface area contributed by atoms with Crippen LogP contribution in [-0.2, 0) is 19.1 Å². The number of esters is 2. The van der Waals surface area contributed by atoms with E-state index in [9.17, 15) is 9.59 Å². The zero-order valence-corrected chi connectivity index (χ0v) is 10.5. The van der Waals surface area contributed by atoms with Crippen LogP contribution in [-0.4, -0.2) is 48.6 Å². The number of aliphatic hydroxyl groups is 2. The maximum Gasteiger partial charge on any atom is 0.333 e. The number of rotatable bonds is 7. The summed E-state index contributed by atoms with van der Waals surface area (Å²) in [5.41, 5.74) is 0.607. The molecule has 0 heterocycles. The summed E-state index contributed by atoms with van der Waals surface area (Å²) in [5, 5.41) is 17.0. The number of carbonyl (C=O) groups excluding carboxylic acids is 2. The van der Waals surface area contributed by atoms with Crippen molar-refractivity contribution in [2.75, 3.05) is 26.4 Å². The zero-order valence-electron chi connectivity index (χ0n) is 10.5. The summed E-state index contributed by atoms with van der Waals surface area (Å²) in [6, 6.07) is 0. The summed E-state index contributed by atoms with van der Waals surface area (Å²) in [7, 11) is 0. The third-order valence-electron chi connectivity index (χ3n) is 1.88. The molecule has 0 aromatic heterocycles. The van der Waals surface area contributed by atoms with E-state index in [-0.39, 0.29) is 26.4 Å². The minimum Gasteiger partial charge on any atom is -0.460 e. The van der Waals surface area contributed by atoms with E-state index in [1.54, 1.807) is 0 Å². The number of hydrogen-bond acceptors (Lipinski definition) is 6. The molecule has 6 nitrogen and oxygen atoms in total. The molecule has 0 amide bonds. The summed E-state index contributed by atoms with van der Waals surface area (Å²) in [4.78, 5) is 22.6. The standard InChI is InChI=1S/C12H18O6/c1-9(11(15)17-7-5-13)3-4-10(2)12(16)18-8-6-14/h3-4,13-14H,5-8H2,1-2H3/b9-3+,10-4+. The maximum atomic E-state index is 11.3. The Morgan fingerprint density at radius 3 is 1.50 bits per heavy atom. The Kier molecular flexibility index (Phi) is 8.51. The van der Waals surface area contributed by atoms with Crippen molar-refractivity contribution in [2.45, 2.75) is 13.8 Å². The molecule has 6 heteroatoms. The van der Waals surface area contributed by atoms with Gasteiger partial charge in [-0.2, -0.15) is 0 Å². The molecule has 0 rings (SSSR count). The van der Waals surface area contributed by atoms with Crippen LogP contribution in [0.4, 0.5) is 0 Å². The third kappa shape index (κ3) is 6.82. The SMILES string of the molecule is C/C(=C\C=C(/C)C(=O)OCCO)C(=O)OCCO. The lowest BCUT2D eigenvalue weighted by Crippen LogP contribution is -2.10. The fourth-order valence-corrected chi connectivity index (χ4v) is 0.890. The predicted molar refractivity (Wildman–Crippen MR) is 63.6 cm³/mol. The second kappa shape index (κ2) is 9.38. The van der Waals surface area contributed by atoms with Crippen molar-refractivity contribution in [3.63, 3.8) is 0 Å². The predicted octanol–water partition coefficient (Wildman–Crippen LogP) is -0.0500. The third-order valence-corrected chi connectivity index (χ3v) is 1.88. The molecule has 0 unspecified atom stereocenters. The first kappa shape index (κ1) is 16.3. The first-order valence-electron chi connectivity index (χ1n) is 5.44. The summed E-state index contributed by atoms with van der Waals surface area (Å²) in [6.07, 6.45) is 2.85. The van der Waals surface area contributed by atoms with E-state index >= 15 is 0 Å². The van der Waals surface area contributed by atoms with Gasteiger partial charge in [-0.25, -0.2) is 9.59 Å². The molecule has 0 atom stereocenters. The van der Waals surface area contributed by atoms with Crippen LogP contribution in [0.2, 0.25) is 0 Å². The van der Waals surface area contributed by atoms with Gasteiger partial charge in [-0.05, 0) is 13.8 Å². The van der Waals surface area contributed by atoms with Crippen LogP contribution in [0.3, 0.4) is 0 Å². The Morgan fingerprint density at radius 2 is 1.22 bits per heavy atom. The number of ether oxygens (including phenoxy) is 2. The highest BCUT2D eigenvalue weighted by molar-refractivity contribution is 5.90. The molecule has 2 N–H and O–H groups in total. The molecular formula is C12H18O6. The fourth-order valence-electron chi connectivity index (χ4n) is 0.890. The van der Waals surface area contributed by atoms with E-state index in [0.717, 1.165) is 0 Å². The quantitative estimate of drug-likeness (QED) is 0.378. The van der Waals surface area contributed by atoms with Crippen LogP contribution in [0, 0.1) is 0 Å². The average molecular weight is 258 g/mol. The molecule has 0 aromatic carbocycles. The molecule has 0 saturated carbocycles. The average Bonchev–Trinajstić information content (AvgIpc) is 2.38. The molecule has 0 fully saturated rings. The lowest BCUT2D eigenvalue weighted by Gasteiger charge is -2.03. The van der Waals surface area contributed by atoms with Crippen LogP contribution in [0.15, 0.2) is 23.3 Å². The van der Waals surface area contributed by atoms with E-state index in [4.69, 9.17) is 10.2 Å². The Labute approximate surface area is 106 Å². The molecule has 0 bridgehead atoms. The van der Waals surface area contributed by atoms with Gasteiger partial charge in [-0.3, -0.25) is 0 Å². The summed E-state index contributed by atoms with van der Waals surface area (Å²) >= 11 is 0. The molecule has 0 radical (unpaired) electrons. The molecule has 102 valence electrons. The zero-order chi connectivity index (χ0) is 14.0. The maximum absolute atomic E-state index is 11.3. The fraction of sp³-hybridized carbons (Fsp3) is 0.500. The molecule has 0 aromatic rings. The largest absolute Gasteiger partial charge is 0.460 e. The molecule has 0 aliphatic carbocycles. The van der Waals surface area contributed by atoms with Gasteiger partial charge in [-0.15, -0.1) is 0 Å². The van der Waals surface area contributed by atoms with E-state index in [1.165, 1.54) is 26.0 Å². The Hall–Kier alpha value is -1.66. The van der Waals surface area contributed by atoms with Gasteiger partial charge in [0.25, 0.3) is 0 Å². The smallest absolute Gasteiger partial charge is 0.333 e. The lowest BCUT2D eigenvalue weighted by atomic mass is 10.2. The van der Waals surface area contributed by atoms with E-state index < -0.39 is 11.9 Å². The Morgan fingerprint density at radius 1 is 0.889 bits per heavy atom. The molecule has 0 aliphatic heterocycles. The van der Waals surface area contributed by atoms with E-state index in [0.29, 0.717) is 11.1 Å². The minimum atomic E-state index is -0.558. The molecular weight excluding hydrogens is 240 g/mol. The van der Waals surface area contributed by atoms with Crippen LogP contribution in [0.25, 0.3) is 0 Å². The van der Waals surface area contributed by atoms with Crippen molar-refractivity contribution in [3.05, 3.63) is 23.3 Å². The first-order chi connectivity index (χ1) is 8.52. The van der Waals surface area contributed by atoms with Gasteiger partial charge >= 0.3 is 11.9 Å². The van der Waals surface area contributed by atoms with E-state index in [2.05, 4.69) is 9.47 Å². The van der Waals surface area contributed by atoms with Crippen LogP contribution in [0.5, 0.6) is 0 Å². The van der Waals surface area contributed by atoms with Crippen molar-refractivity contribution < 1.29 is 29.3 Å². The molecule has 18 heavy (non-hydrogen) atoms. The van der Waals surface area contributed by atoms with Crippen LogP contribution in [0.1, 0.15) is 13.8 Å². The van der Waals surface area contributed by atoms with Gasteiger partial charge in [0.05, 0.1) is 13.2 Å². The van der Waals surface area contributed by atoms with Gasteiger partial charge in [0.15, 0.2) is 0 Å². The highest BCUT2D eigenvalue weighted by atomic mass is 16.5. The normalized spacial score (nSPS) is 12.2. The second-order valence-electron chi connectivity index (χ2n) is 3.42. The van der Waals surface area contributed by atoms with Gasteiger partial charge in [0, 0.05) is 11.1 Å². The highest BCUT2D eigenvalue weighted by Crippen LogP contribution is 2.02. The first-order valence-corrected chi connectivity index (χ1v) is 5.44. The highest BCUT2D eigenvalue weighted by Gasteiger charge is 2.06. The molecule has 0 saturated heterocycles. The molecule has 0 aliphatic rings. The summed E-state index contributed by atoms with van der Waals surface area (Å²) < 4.78 is 9.35. The van der Waals surface area contributed by atoms with Gasteiger partial charge in [0.2, 0.25) is 0 Å².